The van der Waals surface area contributed by atoms with Crippen LogP contribution in [0.15, 0.2) is 0 Å². The van der Waals surface area contributed by atoms with Gasteiger partial charge in [0, 0.05) is 0 Å². The Hall–Kier alpha value is -0.0400. The summed E-state index contributed by atoms with van der Waals surface area (Å²) in [4.78, 5) is 0. The second-order valence-corrected chi connectivity index (χ2v) is 5.39. The molecule has 3 rings (SSSR count). The third kappa shape index (κ3) is 0.618. The van der Waals surface area contributed by atoms with Gasteiger partial charge < -0.3 is 4.74 Å². The molecule has 1 saturated heterocycles. The van der Waals surface area contributed by atoms with Crippen LogP contribution in [0.2, 0.25) is 0 Å². The lowest BCUT2D eigenvalue weighted by molar-refractivity contribution is 0.282. The number of epoxide rings is 1. The summed E-state index contributed by atoms with van der Waals surface area (Å²) in [6.07, 6.45) is 3.30. The molecule has 2 saturated carbocycles. The van der Waals surface area contributed by atoms with E-state index in [4.69, 9.17) is 4.74 Å². The molecule has 62 valence electrons. The second kappa shape index (κ2) is 1.39. The maximum atomic E-state index is 5.66. The van der Waals surface area contributed by atoms with Crippen LogP contribution < -0.4 is 0 Å². The molecule has 2 aliphatic carbocycles. The summed E-state index contributed by atoms with van der Waals surface area (Å²) in [5, 5.41) is 0. The van der Waals surface area contributed by atoms with Crippen LogP contribution in [0.3, 0.4) is 0 Å². The Morgan fingerprint density at radius 1 is 1.18 bits per heavy atom. The molecule has 0 aromatic heterocycles. The van der Waals surface area contributed by atoms with Crippen molar-refractivity contribution in [1.82, 2.24) is 0 Å². The number of hydrogen-bond donors (Lipinski definition) is 0. The first kappa shape index (κ1) is 6.47. The monoisotopic (exact) mass is 152 g/mol. The van der Waals surface area contributed by atoms with Gasteiger partial charge in [0.25, 0.3) is 0 Å². The largest absolute Gasteiger partial charge is 0.366 e. The SMILES string of the molecule is CC1(C)[C@@H]2C[C@H]3O[C@@]3(C)C[C@H]21. The normalized spacial score (nSPS) is 63.0. The van der Waals surface area contributed by atoms with E-state index in [9.17, 15) is 0 Å². The summed E-state index contributed by atoms with van der Waals surface area (Å²) in [6.45, 7) is 7.11. The lowest BCUT2D eigenvalue weighted by Gasteiger charge is -2.09. The van der Waals surface area contributed by atoms with E-state index < -0.39 is 0 Å². The Morgan fingerprint density at radius 2 is 1.91 bits per heavy atom. The van der Waals surface area contributed by atoms with E-state index in [-0.39, 0.29) is 0 Å². The first-order valence-electron chi connectivity index (χ1n) is 4.72. The van der Waals surface area contributed by atoms with Crippen molar-refractivity contribution >= 4 is 0 Å². The van der Waals surface area contributed by atoms with Gasteiger partial charge in [-0.15, -0.1) is 0 Å². The van der Waals surface area contributed by atoms with Gasteiger partial charge >= 0.3 is 0 Å². The summed E-state index contributed by atoms with van der Waals surface area (Å²) in [7, 11) is 0. The smallest absolute Gasteiger partial charge is 0.0923 e. The highest BCUT2D eigenvalue weighted by molar-refractivity contribution is 5.18. The number of fused-ring (bicyclic) bond motifs is 2. The third-order valence-electron chi connectivity index (χ3n) is 4.42. The molecule has 3 aliphatic rings. The fourth-order valence-corrected chi connectivity index (χ4v) is 3.17. The molecule has 0 N–H and O–H groups in total. The van der Waals surface area contributed by atoms with Crippen molar-refractivity contribution in [3.63, 3.8) is 0 Å². The van der Waals surface area contributed by atoms with E-state index in [1.165, 1.54) is 12.8 Å². The molecule has 0 radical (unpaired) electrons. The first-order valence-corrected chi connectivity index (χ1v) is 4.72. The predicted molar refractivity (Wildman–Crippen MR) is 43.3 cm³/mol. The van der Waals surface area contributed by atoms with Crippen LogP contribution in [0.1, 0.15) is 33.6 Å². The Bertz CT molecular complexity index is 221. The molecule has 1 nitrogen and oxygen atoms in total. The molecule has 3 fully saturated rings. The topological polar surface area (TPSA) is 12.5 Å². The molecule has 0 aromatic rings. The fourth-order valence-electron chi connectivity index (χ4n) is 3.17. The van der Waals surface area contributed by atoms with Crippen LogP contribution in [0.25, 0.3) is 0 Å². The summed E-state index contributed by atoms with van der Waals surface area (Å²) < 4.78 is 5.66. The van der Waals surface area contributed by atoms with Crippen LogP contribution in [0.5, 0.6) is 0 Å². The quantitative estimate of drug-likeness (QED) is 0.485. The minimum atomic E-state index is 0.314. The molecule has 0 amide bonds. The standard InChI is InChI=1S/C10H16O/c1-9(2)6-4-8-10(3,11-8)5-7(6)9/h6-8H,4-5H2,1-3H3/t6-,7-,8-,10+/m1/s1. The summed E-state index contributed by atoms with van der Waals surface area (Å²) >= 11 is 0. The van der Waals surface area contributed by atoms with Gasteiger partial charge in [-0.2, -0.15) is 0 Å². The number of rotatable bonds is 0. The van der Waals surface area contributed by atoms with Gasteiger partial charge in [0.05, 0.1) is 11.7 Å². The Labute approximate surface area is 68.1 Å². The molecule has 4 atom stereocenters. The molecule has 0 spiro atoms. The van der Waals surface area contributed by atoms with Crippen LogP contribution in [0, 0.1) is 17.3 Å². The molecule has 11 heavy (non-hydrogen) atoms. The van der Waals surface area contributed by atoms with Crippen molar-refractivity contribution < 1.29 is 4.74 Å². The van der Waals surface area contributed by atoms with Gasteiger partial charge in [0.1, 0.15) is 0 Å². The lowest BCUT2D eigenvalue weighted by Crippen LogP contribution is -2.16. The first-order chi connectivity index (χ1) is 5.04. The molecule has 1 heteroatoms. The fraction of sp³-hybridized carbons (Fsp3) is 1.00. The maximum Gasteiger partial charge on any atom is 0.0923 e. The molecular weight excluding hydrogens is 136 g/mol. The molecule has 0 bridgehead atoms. The van der Waals surface area contributed by atoms with Crippen molar-refractivity contribution in [3.8, 4) is 0 Å². The van der Waals surface area contributed by atoms with Gasteiger partial charge in [-0.25, -0.2) is 0 Å². The van der Waals surface area contributed by atoms with Crippen molar-refractivity contribution in [2.45, 2.75) is 45.3 Å². The Kier molecular flexibility index (Phi) is 0.820. The van der Waals surface area contributed by atoms with Crippen molar-refractivity contribution in [2.75, 3.05) is 0 Å². The second-order valence-electron chi connectivity index (χ2n) is 5.39. The van der Waals surface area contributed by atoms with E-state index in [1.54, 1.807) is 0 Å². The van der Waals surface area contributed by atoms with Crippen LogP contribution in [-0.2, 0) is 4.74 Å². The molecule has 0 aromatic carbocycles. The third-order valence-corrected chi connectivity index (χ3v) is 4.42. The Morgan fingerprint density at radius 3 is 2.55 bits per heavy atom. The van der Waals surface area contributed by atoms with E-state index >= 15 is 0 Å². The van der Waals surface area contributed by atoms with Gasteiger partial charge in [-0.1, -0.05) is 13.8 Å². The van der Waals surface area contributed by atoms with Crippen LogP contribution in [-0.4, -0.2) is 11.7 Å². The van der Waals surface area contributed by atoms with Crippen molar-refractivity contribution in [1.29, 1.82) is 0 Å². The summed E-state index contributed by atoms with van der Waals surface area (Å²) in [5.41, 5.74) is 0.967. The van der Waals surface area contributed by atoms with Gasteiger partial charge in [-0.05, 0) is 37.0 Å². The average Bonchev–Trinajstić information content (AvgIpc) is 2.68. The minimum absolute atomic E-state index is 0.314. The summed E-state index contributed by atoms with van der Waals surface area (Å²) in [6, 6.07) is 0. The van der Waals surface area contributed by atoms with E-state index in [0.29, 0.717) is 17.1 Å². The zero-order chi connectivity index (χ0) is 7.85. The Balaban J connectivity index is 1.85. The lowest BCUT2D eigenvalue weighted by atomic mass is 9.91. The van der Waals surface area contributed by atoms with Crippen LogP contribution >= 0.6 is 0 Å². The van der Waals surface area contributed by atoms with Crippen LogP contribution in [0.4, 0.5) is 0 Å². The van der Waals surface area contributed by atoms with E-state index in [2.05, 4.69) is 20.8 Å². The average molecular weight is 152 g/mol. The highest BCUT2D eigenvalue weighted by Gasteiger charge is 2.70. The zero-order valence-corrected chi connectivity index (χ0v) is 7.55. The zero-order valence-electron chi connectivity index (χ0n) is 7.55. The van der Waals surface area contributed by atoms with Gasteiger partial charge in [-0.3, -0.25) is 0 Å². The summed E-state index contributed by atoms with van der Waals surface area (Å²) in [5.74, 6) is 1.97. The molecule has 1 aliphatic heterocycles. The van der Waals surface area contributed by atoms with E-state index in [1.807, 2.05) is 0 Å². The van der Waals surface area contributed by atoms with Crippen molar-refractivity contribution in [2.24, 2.45) is 17.3 Å². The highest BCUT2D eigenvalue weighted by atomic mass is 16.6. The van der Waals surface area contributed by atoms with E-state index in [0.717, 1.165) is 11.8 Å². The van der Waals surface area contributed by atoms with Crippen molar-refractivity contribution in [3.05, 3.63) is 0 Å². The molecular formula is C10H16O. The molecule has 0 unspecified atom stereocenters. The molecule has 1 heterocycles. The van der Waals surface area contributed by atoms with Gasteiger partial charge in [0.15, 0.2) is 0 Å². The minimum Gasteiger partial charge on any atom is -0.366 e. The number of hydrogen-bond acceptors (Lipinski definition) is 1. The highest BCUT2D eigenvalue weighted by Crippen LogP contribution is 2.70. The number of ether oxygens (including phenoxy) is 1. The van der Waals surface area contributed by atoms with Gasteiger partial charge in [0.2, 0.25) is 0 Å². The predicted octanol–water partition coefficient (Wildman–Crippen LogP) is 2.21. The maximum absolute atomic E-state index is 5.66.